The monoisotopic (exact) mass is 233 g/mol. The van der Waals surface area contributed by atoms with Gasteiger partial charge in [-0.1, -0.05) is 27.7 Å². The third-order valence-corrected chi connectivity index (χ3v) is 3.14. The van der Waals surface area contributed by atoms with Gasteiger partial charge in [0.15, 0.2) is 0 Å². The van der Waals surface area contributed by atoms with Gasteiger partial charge in [0.1, 0.15) is 0 Å². The van der Waals surface area contributed by atoms with Crippen LogP contribution in [0, 0.1) is 0 Å². The van der Waals surface area contributed by atoms with Crippen molar-refractivity contribution in [3.8, 4) is 0 Å². The molecule has 0 rings (SSSR count). The van der Waals surface area contributed by atoms with Gasteiger partial charge in [-0.3, -0.25) is 0 Å². The van der Waals surface area contributed by atoms with E-state index >= 15 is 0 Å². The first-order valence-corrected chi connectivity index (χ1v) is 5.19. The van der Waals surface area contributed by atoms with Gasteiger partial charge in [0.05, 0.1) is 0 Å². The minimum absolute atomic E-state index is 0. The smallest absolute Gasteiger partial charge is 0.00897 e. The van der Waals surface area contributed by atoms with E-state index in [0.29, 0.717) is 0 Å². The maximum Gasteiger partial charge on any atom is 0.00897 e. The molecule has 2 nitrogen and oxygen atoms in total. The number of nitrogens with zero attached hydrogens (tertiary/aromatic N) is 2. The summed E-state index contributed by atoms with van der Waals surface area (Å²) in [5.41, 5.74) is 0. The van der Waals surface area contributed by atoms with Gasteiger partial charge in [-0.15, -0.1) is 0 Å². The molecule has 0 heterocycles. The third kappa shape index (κ3) is 10.1. The van der Waals surface area contributed by atoms with E-state index in [0.717, 1.165) is 26.2 Å². The third-order valence-electron chi connectivity index (χ3n) is 1.64. The first-order chi connectivity index (χ1) is 5.28. The highest BCUT2D eigenvalue weighted by Crippen LogP contribution is 2.13. The molecule has 0 aliphatic rings. The summed E-state index contributed by atoms with van der Waals surface area (Å²) in [5.74, 6) is 0. The number of rotatable bonds is 6. The summed E-state index contributed by atoms with van der Waals surface area (Å²) in [6.45, 7) is 13.3. The molecule has 0 aromatic carbocycles. The van der Waals surface area contributed by atoms with E-state index in [1.165, 1.54) is 0 Å². The average molecular weight is 233 g/mol. The lowest BCUT2D eigenvalue weighted by Gasteiger charge is -2.24. The zero-order chi connectivity index (χ0) is 8.69. The molecule has 14 heavy (non-hydrogen) atoms. The Kier molecular flexibility index (Phi) is 26.3. The molecule has 0 radical (unpaired) electrons. The van der Waals surface area contributed by atoms with Gasteiger partial charge in [-0.2, -0.15) is 0 Å². The quantitative estimate of drug-likeness (QED) is 0.421. The van der Waals surface area contributed by atoms with Crippen LogP contribution < -0.4 is 14.1 Å². The first kappa shape index (κ1) is 23.7. The van der Waals surface area contributed by atoms with Crippen molar-refractivity contribution in [1.29, 1.82) is 0 Å². The van der Waals surface area contributed by atoms with Crippen molar-refractivity contribution >= 4 is 12.1 Å². The van der Waals surface area contributed by atoms with Crippen LogP contribution in [0.2, 0.25) is 0 Å². The topological polar surface area (TPSA) is 6.48 Å². The van der Waals surface area contributed by atoms with Gasteiger partial charge in [0.25, 0.3) is 0 Å². The van der Waals surface area contributed by atoms with Crippen LogP contribution >= 0.6 is 12.1 Å². The average Bonchev–Trinajstić information content (AvgIpc) is 2.07. The Hall–Kier alpha value is 0.0600. The number of halogens is 3. The van der Waals surface area contributed by atoms with E-state index in [4.69, 9.17) is 0 Å². The van der Waals surface area contributed by atoms with Crippen LogP contribution in [0.15, 0.2) is 0 Å². The maximum absolute atomic E-state index is 2.35. The molecule has 0 N–H and O–H groups in total. The maximum atomic E-state index is 2.35. The summed E-state index contributed by atoms with van der Waals surface area (Å²) in [7, 11) is 0. The molecule has 0 saturated carbocycles. The van der Waals surface area contributed by atoms with E-state index in [9.17, 15) is 0 Å². The van der Waals surface area contributed by atoms with E-state index in [1.54, 1.807) is 0 Å². The Balaban J connectivity index is -0.000000167. The molecule has 0 bridgehead atoms. The van der Waals surface area contributed by atoms with Gasteiger partial charge in [-0.05, 0) is 0 Å². The van der Waals surface area contributed by atoms with Crippen molar-refractivity contribution in [3.05, 3.63) is 0 Å². The summed E-state index contributed by atoms with van der Waals surface area (Å²) in [6.07, 6.45) is 0. The fraction of sp³-hybridized carbons (Fsp3) is 1.00. The van der Waals surface area contributed by atoms with Crippen LogP contribution in [0.25, 0.3) is 0 Å². The van der Waals surface area contributed by atoms with Crippen molar-refractivity contribution in [3.63, 3.8) is 0 Å². The molecule has 6 heteroatoms. The van der Waals surface area contributed by atoms with Crippen LogP contribution in [0.5, 0.6) is 0 Å². The molecule has 0 saturated heterocycles. The van der Waals surface area contributed by atoms with Gasteiger partial charge >= 0.3 is 0 Å². The summed E-state index contributed by atoms with van der Waals surface area (Å²) >= 11 is 1.86. The lowest BCUT2D eigenvalue weighted by Crippen LogP contribution is -3.00. The zero-order valence-corrected chi connectivity index (χ0v) is 10.1. The Bertz CT molecular complexity index is 80.7. The second kappa shape index (κ2) is 15.5. The molecule has 0 aromatic rings. The Morgan fingerprint density at radius 1 is 0.643 bits per heavy atom. The van der Waals surface area contributed by atoms with Crippen LogP contribution in [0.3, 0.4) is 0 Å². The molecule has 0 amide bonds. The molecule has 0 aliphatic carbocycles. The number of hydrogen-bond donors (Lipinski definition) is 0. The van der Waals surface area contributed by atoms with Crippen molar-refractivity contribution in [1.82, 2.24) is 8.61 Å². The fourth-order valence-corrected chi connectivity index (χ4v) is 1.63. The largest absolute Gasteiger partial charge is 1.00 e. The summed E-state index contributed by atoms with van der Waals surface area (Å²) in [5, 5.41) is 0. The van der Waals surface area contributed by atoms with E-state index in [-0.39, 0.29) is 14.1 Å². The first-order valence-electron chi connectivity index (χ1n) is 4.46. The summed E-state index contributed by atoms with van der Waals surface area (Å²) in [6, 6.07) is 0. The van der Waals surface area contributed by atoms with Crippen molar-refractivity contribution in [2.24, 2.45) is 0 Å². The standard InChI is InChI=1S/C8H20N2S.3FH/c1-5-9(6-2)11-10(7-3)8-4;;;/h5-8H2,1-4H3;3*1H/p-3. The molecule has 0 atom stereocenters. The normalized spacial score (nSPS) is 9.00. The molecule has 0 spiro atoms. The predicted octanol–water partition coefficient (Wildman–Crippen LogP) is -6.75. The minimum atomic E-state index is 0. The highest BCUT2D eigenvalue weighted by Gasteiger charge is 2.04. The minimum Gasteiger partial charge on any atom is -1.00 e. The van der Waals surface area contributed by atoms with Gasteiger partial charge in [-0.25, -0.2) is 8.61 Å². The van der Waals surface area contributed by atoms with Crippen molar-refractivity contribution in [2.45, 2.75) is 27.7 Å². The SMILES string of the molecule is CCN(CC)SN(CC)CC.[F-].[F-].[F-]. The highest BCUT2D eigenvalue weighted by molar-refractivity contribution is 7.94. The molecule has 0 aliphatic heterocycles. The Morgan fingerprint density at radius 3 is 1.00 bits per heavy atom. The zero-order valence-electron chi connectivity index (χ0n) is 9.26. The lowest BCUT2D eigenvalue weighted by atomic mass is 10.7. The molecule has 92 valence electrons. The van der Waals surface area contributed by atoms with E-state index in [1.807, 2.05) is 12.1 Å². The molecular formula is C8H20F3N2S-3. The second-order valence-corrected chi connectivity index (χ2v) is 3.51. The summed E-state index contributed by atoms with van der Waals surface area (Å²) < 4.78 is 4.71. The predicted molar refractivity (Wildman–Crippen MR) is 53.4 cm³/mol. The van der Waals surface area contributed by atoms with Gasteiger partial charge in [0.2, 0.25) is 0 Å². The van der Waals surface area contributed by atoms with Gasteiger partial charge in [0, 0.05) is 38.3 Å². The fourth-order valence-electron chi connectivity index (χ4n) is 0.841. The second-order valence-electron chi connectivity index (χ2n) is 2.31. The van der Waals surface area contributed by atoms with E-state index < -0.39 is 0 Å². The van der Waals surface area contributed by atoms with Crippen LogP contribution in [0.4, 0.5) is 0 Å². The number of hydrogen-bond acceptors (Lipinski definition) is 3. The Labute approximate surface area is 89.4 Å². The van der Waals surface area contributed by atoms with Gasteiger partial charge < -0.3 is 14.1 Å². The molecule has 0 aromatic heterocycles. The molecular weight excluding hydrogens is 213 g/mol. The van der Waals surface area contributed by atoms with Crippen molar-refractivity contribution in [2.75, 3.05) is 26.2 Å². The van der Waals surface area contributed by atoms with Crippen LogP contribution in [0.1, 0.15) is 27.7 Å². The van der Waals surface area contributed by atoms with Crippen molar-refractivity contribution < 1.29 is 14.1 Å². The van der Waals surface area contributed by atoms with E-state index in [2.05, 4.69) is 36.3 Å². The lowest BCUT2D eigenvalue weighted by molar-refractivity contribution is -0.00100. The van der Waals surface area contributed by atoms with Crippen LogP contribution in [-0.4, -0.2) is 34.8 Å². The highest BCUT2D eigenvalue weighted by atomic mass is 32.2. The Morgan fingerprint density at radius 2 is 0.857 bits per heavy atom. The summed E-state index contributed by atoms with van der Waals surface area (Å²) in [4.78, 5) is 0. The molecule has 0 fully saturated rings. The molecule has 0 unspecified atom stereocenters. The van der Waals surface area contributed by atoms with Crippen LogP contribution in [-0.2, 0) is 0 Å².